The van der Waals surface area contributed by atoms with E-state index in [0.29, 0.717) is 5.92 Å². The molecular weight excluding hydrogens is 210 g/mol. The van der Waals surface area contributed by atoms with E-state index in [0.717, 1.165) is 24.6 Å². The summed E-state index contributed by atoms with van der Waals surface area (Å²) in [5.41, 5.74) is 2.15. The molecule has 2 nitrogen and oxygen atoms in total. The molecule has 0 spiro atoms. The molecule has 92 valence electrons. The van der Waals surface area contributed by atoms with Gasteiger partial charge in [-0.15, -0.1) is 0 Å². The molecule has 0 aromatic heterocycles. The van der Waals surface area contributed by atoms with Crippen LogP contribution in [0.1, 0.15) is 48.5 Å². The number of Topliss-reactive ketones (excluding diaryl/α,β-unsaturated/α-hetero) is 1. The van der Waals surface area contributed by atoms with Crippen LogP contribution >= 0.6 is 0 Å². The van der Waals surface area contributed by atoms with Crippen LogP contribution in [0, 0.1) is 5.92 Å². The van der Waals surface area contributed by atoms with Gasteiger partial charge in [0.25, 0.3) is 0 Å². The lowest BCUT2D eigenvalue weighted by Gasteiger charge is -2.28. The number of benzene rings is 1. The third-order valence-electron chi connectivity index (χ3n) is 3.91. The first-order valence-corrected chi connectivity index (χ1v) is 6.50. The Balaban J connectivity index is 2.14. The highest BCUT2D eigenvalue weighted by molar-refractivity contribution is 5.94. The predicted octanol–water partition coefficient (Wildman–Crippen LogP) is 2.99. The number of ketones is 1. The van der Waals surface area contributed by atoms with Crippen molar-refractivity contribution in [2.75, 3.05) is 13.1 Å². The van der Waals surface area contributed by atoms with Gasteiger partial charge in [-0.05, 0) is 56.3 Å². The Kier molecular flexibility index (Phi) is 3.95. The van der Waals surface area contributed by atoms with Crippen LogP contribution in [0.4, 0.5) is 0 Å². The zero-order valence-corrected chi connectivity index (χ0v) is 10.7. The molecule has 17 heavy (non-hydrogen) atoms. The molecule has 0 bridgehead atoms. The van der Waals surface area contributed by atoms with E-state index in [1.165, 1.54) is 18.4 Å². The lowest BCUT2D eigenvalue weighted by molar-refractivity contribution is 0.101. The SMILES string of the molecule is CC(=O)c1cccc(C(C)C2CCNCC2)c1. The van der Waals surface area contributed by atoms with Crippen LogP contribution in [0.2, 0.25) is 0 Å². The van der Waals surface area contributed by atoms with Crippen LogP contribution in [0.5, 0.6) is 0 Å². The molecule has 0 saturated carbocycles. The van der Waals surface area contributed by atoms with Crippen molar-refractivity contribution < 1.29 is 4.79 Å². The van der Waals surface area contributed by atoms with Gasteiger partial charge in [0.05, 0.1) is 0 Å². The van der Waals surface area contributed by atoms with Crippen LogP contribution in [-0.2, 0) is 0 Å². The third-order valence-corrected chi connectivity index (χ3v) is 3.91. The first kappa shape index (κ1) is 12.3. The lowest BCUT2D eigenvalue weighted by atomic mass is 9.81. The molecule has 2 heteroatoms. The van der Waals surface area contributed by atoms with E-state index in [1.807, 2.05) is 12.1 Å². The summed E-state index contributed by atoms with van der Waals surface area (Å²) in [5.74, 6) is 1.46. The quantitative estimate of drug-likeness (QED) is 0.810. The van der Waals surface area contributed by atoms with Crippen LogP contribution in [0.25, 0.3) is 0 Å². The van der Waals surface area contributed by atoms with E-state index in [2.05, 4.69) is 24.4 Å². The number of carbonyl (C=O) groups is 1. The highest BCUT2D eigenvalue weighted by Crippen LogP contribution is 2.30. The zero-order valence-electron chi connectivity index (χ0n) is 10.7. The molecule has 1 unspecified atom stereocenters. The smallest absolute Gasteiger partial charge is 0.159 e. The Labute approximate surface area is 103 Å². The van der Waals surface area contributed by atoms with Crippen LogP contribution in [-0.4, -0.2) is 18.9 Å². The number of piperidine rings is 1. The molecule has 2 rings (SSSR count). The van der Waals surface area contributed by atoms with Gasteiger partial charge in [-0.25, -0.2) is 0 Å². The Hall–Kier alpha value is -1.15. The topological polar surface area (TPSA) is 29.1 Å². The van der Waals surface area contributed by atoms with Gasteiger partial charge in [0.2, 0.25) is 0 Å². The molecule has 1 fully saturated rings. The highest BCUT2D eigenvalue weighted by Gasteiger charge is 2.21. The minimum absolute atomic E-state index is 0.157. The Morgan fingerprint density at radius 1 is 1.35 bits per heavy atom. The maximum absolute atomic E-state index is 11.4. The molecule has 1 aliphatic heterocycles. The Morgan fingerprint density at radius 3 is 2.71 bits per heavy atom. The van der Waals surface area contributed by atoms with Gasteiger partial charge in [-0.3, -0.25) is 4.79 Å². The van der Waals surface area contributed by atoms with Crippen LogP contribution in [0.15, 0.2) is 24.3 Å². The highest BCUT2D eigenvalue weighted by atomic mass is 16.1. The largest absolute Gasteiger partial charge is 0.317 e. The molecular formula is C15H21NO. The number of rotatable bonds is 3. The van der Waals surface area contributed by atoms with E-state index >= 15 is 0 Å². The Bertz CT molecular complexity index is 394. The molecule has 1 heterocycles. The fourth-order valence-electron chi connectivity index (χ4n) is 2.66. The van der Waals surface area contributed by atoms with Crippen molar-refractivity contribution in [3.8, 4) is 0 Å². The van der Waals surface area contributed by atoms with Crippen molar-refractivity contribution in [2.45, 2.75) is 32.6 Å². The maximum Gasteiger partial charge on any atom is 0.159 e. The minimum atomic E-state index is 0.157. The number of hydrogen-bond donors (Lipinski definition) is 1. The van der Waals surface area contributed by atoms with E-state index in [9.17, 15) is 4.79 Å². The Morgan fingerprint density at radius 2 is 2.06 bits per heavy atom. The summed E-state index contributed by atoms with van der Waals surface area (Å²) < 4.78 is 0. The number of carbonyl (C=O) groups excluding carboxylic acids is 1. The second-order valence-corrected chi connectivity index (χ2v) is 5.06. The zero-order chi connectivity index (χ0) is 12.3. The molecule has 1 atom stereocenters. The van der Waals surface area contributed by atoms with Crippen molar-refractivity contribution in [3.63, 3.8) is 0 Å². The average molecular weight is 231 g/mol. The van der Waals surface area contributed by atoms with Crippen molar-refractivity contribution in [3.05, 3.63) is 35.4 Å². The minimum Gasteiger partial charge on any atom is -0.317 e. The molecule has 1 aromatic rings. The van der Waals surface area contributed by atoms with Gasteiger partial charge < -0.3 is 5.32 Å². The standard InChI is InChI=1S/C15H21NO/c1-11(13-6-8-16-9-7-13)14-4-3-5-15(10-14)12(2)17/h3-5,10-11,13,16H,6-9H2,1-2H3. The normalized spacial score (nSPS) is 18.9. The van der Waals surface area contributed by atoms with Crippen LogP contribution < -0.4 is 5.32 Å². The van der Waals surface area contributed by atoms with Gasteiger partial charge >= 0.3 is 0 Å². The number of nitrogens with one attached hydrogen (secondary N) is 1. The summed E-state index contributed by atoms with van der Waals surface area (Å²) in [6.45, 7) is 6.17. The lowest BCUT2D eigenvalue weighted by Crippen LogP contribution is -2.30. The molecule has 0 amide bonds. The summed E-state index contributed by atoms with van der Waals surface area (Å²) in [4.78, 5) is 11.4. The third kappa shape index (κ3) is 2.95. The average Bonchev–Trinajstić information content (AvgIpc) is 2.39. The summed E-state index contributed by atoms with van der Waals surface area (Å²) >= 11 is 0. The maximum atomic E-state index is 11.4. The van der Waals surface area contributed by atoms with Gasteiger partial charge in [-0.1, -0.05) is 25.1 Å². The van der Waals surface area contributed by atoms with E-state index in [1.54, 1.807) is 6.92 Å². The van der Waals surface area contributed by atoms with Crippen molar-refractivity contribution >= 4 is 5.78 Å². The van der Waals surface area contributed by atoms with Crippen molar-refractivity contribution in [2.24, 2.45) is 5.92 Å². The molecule has 1 N–H and O–H groups in total. The fraction of sp³-hybridized carbons (Fsp3) is 0.533. The van der Waals surface area contributed by atoms with Gasteiger partial charge in [0.15, 0.2) is 5.78 Å². The predicted molar refractivity (Wildman–Crippen MR) is 70.5 cm³/mol. The summed E-state index contributed by atoms with van der Waals surface area (Å²) in [7, 11) is 0. The summed E-state index contributed by atoms with van der Waals surface area (Å²) in [6.07, 6.45) is 2.48. The second-order valence-electron chi connectivity index (χ2n) is 5.06. The van der Waals surface area contributed by atoms with Crippen molar-refractivity contribution in [1.82, 2.24) is 5.32 Å². The fourth-order valence-corrected chi connectivity index (χ4v) is 2.66. The number of hydrogen-bond acceptors (Lipinski definition) is 2. The van der Waals surface area contributed by atoms with Gasteiger partial charge in [0, 0.05) is 5.56 Å². The molecule has 1 saturated heterocycles. The first-order valence-electron chi connectivity index (χ1n) is 6.50. The summed E-state index contributed by atoms with van der Waals surface area (Å²) in [6, 6.07) is 8.12. The van der Waals surface area contributed by atoms with E-state index in [-0.39, 0.29) is 5.78 Å². The van der Waals surface area contributed by atoms with E-state index in [4.69, 9.17) is 0 Å². The molecule has 1 aliphatic rings. The van der Waals surface area contributed by atoms with Gasteiger partial charge in [-0.2, -0.15) is 0 Å². The molecule has 0 aliphatic carbocycles. The van der Waals surface area contributed by atoms with E-state index < -0.39 is 0 Å². The van der Waals surface area contributed by atoms with Crippen molar-refractivity contribution in [1.29, 1.82) is 0 Å². The summed E-state index contributed by atoms with van der Waals surface area (Å²) in [5, 5.41) is 3.40. The molecule has 0 radical (unpaired) electrons. The monoisotopic (exact) mass is 231 g/mol. The second kappa shape index (κ2) is 5.46. The first-order chi connectivity index (χ1) is 8.18. The van der Waals surface area contributed by atoms with Gasteiger partial charge in [0.1, 0.15) is 0 Å². The molecule has 1 aromatic carbocycles. The van der Waals surface area contributed by atoms with Crippen LogP contribution in [0.3, 0.4) is 0 Å².